The van der Waals surface area contributed by atoms with Crippen LogP contribution in [0.4, 0.5) is 5.82 Å². The van der Waals surface area contributed by atoms with Crippen LogP contribution in [0.1, 0.15) is 30.7 Å². The summed E-state index contributed by atoms with van der Waals surface area (Å²) in [6.45, 7) is 1.43. The summed E-state index contributed by atoms with van der Waals surface area (Å²) in [6, 6.07) is 10.3. The Bertz CT molecular complexity index is 804. The van der Waals surface area contributed by atoms with Crippen LogP contribution in [-0.2, 0) is 4.79 Å². The third kappa shape index (κ3) is 3.43. The van der Waals surface area contributed by atoms with Crippen molar-refractivity contribution in [3.8, 4) is 0 Å². The van der Waals surface area contributed by atoms with Crippen molar-refractivity contribution >= 4 is 11.7 Å². The minimum Gasteiger partial charge on any atom is -0.351 e. The Morgan fingerprint density at radius 3 is 2.92 bits per heavy atom. The first-order chi connectivity index (χ1) is 12.2. The van der Waals surface area contributed by atoms with Crippen molar-refractivity contribution in [3.63, 3.8) is 0 Å². The number of carbonyl (C=O) groups excluding carboxylic acids is 1. The zero-order chi connectivity index (χ0) is 17.2. The van der Waals surface area contributed by atoms with Crippen molar-refractivity contribution in [2.45, 2.75) is 31.2 Å². The number of nitrogens with zero attached hydrogens (tertiary/aromatic N) is 2. The van der Waals surface area contributed by atoms with Crippen molar-refractivity contribution in [1.82, 2.24) is 15.3 Å². The minimum atomic E-state index is -0.180. The topological polar surface area (TPSA) is 78.1 Å². The van der Waals surface area contributed by atoms with E-state index in [1.807, 2.05) is 23.1 Å². The Hall–Kier alpha value is -2.63. The lowest BCUT2D eigenvalue weighted by Gasteiger charge is -2.33. The van der Waals surface area contributed by atoms with Crippen LogP contribution in [-0.4, -0.2) is 35.0 Å². The van der Waals surface area contributed by atoms with Crippen molar-refractivity contribution in [2.75, 3.05) is 18.0 Å². The number of hydrogen-bond acceptors (Lipinski definition) is 4. The zero-order valence-corrected chi connectivity index (χ0v) is 14.0. The summed E-state index contributed by atoms with van der Waals surface area (Å²) in [4.78, 5) is 33.3. The average molecular weight is 338 g/mol. The van der Waals surface area contributed by atoms with E-state index < -0.39 is 0 Å². The number of hydrogen-bond donors (Lipinski definition) is 2. The van der Waals surface area contributed by atoms with Crippen LogP contribution in [0.25, 0.3) is 0 Å². The van der Waals surface area contributed by atoms with Gasteiger partial charge in [-0.05, 0) is 30.7 Å². The van der Waals surface area contributed by atoms with E-state index in [4.69, 9.17) is 0 Å². The summed E-state index contributed by atoms with van der Waals surface area (Å²) in [5.74, 6) is 1.00. The number of rotatable bonds is 4. The number of piperidine rings is 1. The maximum Gasteiger partial charge on any atom is 0.290 e. The molecule has 1 aromatic heterocycles. The van der Waals surface area contributed by atoms with Crippen LogP contribution in [0.5, 0.6) is 0 Å². The van der Waals surface area contributed by atoms with Gasteiger partial charge in [0.1, 0.15) is 0 Å². The lowest BCUT2D eigenvalue weighted by Crippen LogP contribution is -2.49. The number of H-pyrrole nitrogens is 1. The summed E-state index contributed by atoms with van der Waals surface area (Å²) >= 11 is 0. The summed E-state index contributed by atoms with van der Waals surface area (Å²) in [5.41, 5.74) is 1.06. The van der Waals surface area contributed by atoms with E-state index in [2.05, 4.69) is 27.4 Å². The predicted molar refractivity (Wildman–Crippen MR) is 95.5 cm³/mol. The number of anilines is 1. The Labute approximate surface area is 146 Å². The van der Waals surface area contributed by atoms with Crippen LogP contribution in [0.15, 0.2) is 47.5 Å². The van der Waals surface area contributed by atoms with E-state index in [1.54, 1.807) is 6.20 Å². The smallest absolute Gasteiger partial charge is 0.290 e. The average Bonchev–Trinajstić information content (AvgIpc) is 3.44. The molecule has 0 radical (unpaired) electrons. The molecule has 3 atom stereocenters. The lowest BCUT2D eigenvalue weighted by atomic mass is 10.0. The van der Waals surface area contributed by atoms with Gasteiger partial charge in [0, 0.05) is 37.4 Å². The molecule has 0 bridgehead atoms. The highest BCUT2D eigenvalue weighted by Gasteiger charge is 2.44. The summed E-state index contributed by atoms with van der Waals surface area (Å²) in [7, 11) is 0. The summed E-state index contributed by atoms with van der Waals surface area (Å²) in [6.07, 6.45) is 5.93. The van der Waals surface area contributed by atoms with Gasteiger partial charge in [0.25, 0.3) is 5.56 Å². The molecule has 2 heterocycles. The second kappa shape index (κ2) is 6.70. The fraction of sp³-hybridized carbons (Fsp3) is 0.421. The third-order valence-corrected chi connectivity index (χ3v) is 5.11. The highest BCUT2D eigenvalue weighted by Crippen LogP contribution is 2.47. The molecule has 1 amide bonds. The van der Waals surface area contributed by atoms with Crippen LogP contribution >= 0.6 is 0 Å². The first-order valence-corrected chi connectivity index (χ1v) is 8.86. The third-order valence-electron chi connectivity index (χ3n) is 5.11. The van der Waals surface area contributed by atoms with E-state index in [0.29, 0.717) is 18.3 Å². The maximum atomic E-state index is 12.6. The molecule has 25 heavy (non-hydrogen) atoms. The molecule has 4 rings (SSSR count). The first-order valence-electron chi connectivity index (χ1n) is 8.86. The minimum absolute atomic E-state index is 0.0691. The second-order valence-electron chi connectivity index (χ2n) is 6.90. The van der Waals surface area contributed by atoms with Crippen LogP contribution in [0.3, 0.4) is 0 Å². The van der Waals surface area contributed by atoms with Gasteiger partial charge in [0.05, 0.1) is 0 Å². The van der Waals surface area contributed by atoms with Crippen LogP contribution in [0, 0.1) is 5.92 Å². The van der Waals surface area contributed by atoms with Gasteiger partial charge in [-0.3, -0.25) is 9.59 Å². The molecule has 2 aliphatic rings. The van der Waals surface area contributed by atoms with Gasteiger partial charge in [0.2, 0.25) is 5.91 Å². The molecule has 3 unspecified atom stereocenters. The Morgan fingerprint density at radius 1 is 1.28 bits per heavy atom. The standard InChI is InChI=1S/C19H22N4O2/c24-18(16-11-15(16)13-5-2-1-3-6-13)22-14-7-4-10-23(12-14)17-19(25)21-9-8-20-17/h1-3,5-6,8-9,14-16H,4,7,10-12H2,(H,21,25)(H,22,24). The van der Waals surface area contributed by atoms with E-state index in [-0.39, 0.29) is 23.4 Å². The van der Waals surface area contributed by atoms with E-state index in [1.165, 1.54) is 11.8 Å². The number of amides is 1. The molecular weight excluding hydrogens is 316 g/mol. The van der Waals surface area contributed by atoms with Gasteiger partial charge >= 0.3 is 0 Å². The van der Waals surface area contributed by atoms with Gasteiger partial charge in [-0.15, -0.1) is 0 Å². The van der Waals surface area contributed by atoms with Crippen LogP contribution in [0.2, 0.25) is 0 Å². The van der Waals surface area contributed by atoms with Gasteiger partial charge < -0.3 is 15.2 Å². The summed E-state index contributed by atoms with van der Waals surface area (Å²) in [5, 5.41) is 3.18. The van der Waals surface area contributed by atoms with Gasteiger partial charge in [-0.25, -0.2) is 4.98 Å². The largest absolute Gasteiger partial charge is 0.351 e. The molecule has 130 valence electrons. The molecule has 2 aromatic rings. The normalized spacial score (nSPS) is 25.4. The second-order valence-corrected chi connectivity index (χ2v) is 6.90. The van der Waals surface area contributed by atoms with Crippen LogP contribution < -0.4 is 15.8 Å². The molecule has 1 saturated carbocycles. The van der Waals surface area contributed by atoms with Crippen molar-refractivity contribution < 1.29 is 4.79 Å². The van der Waals surface area contributed by atoms with E-state index in [9.17, 15) is 9.59 Å². The molecule has 1 aromatic carbocycles. The number of carbonyl (C=O) groups is 1. The lowest BCUT2D eigenvalue weighted by molar-refractivity contribution is -0.123. The molecule has 2 fully saturated rings. The molecule has 6 nitrogen and oxygen atoms in total. The van der Waals surface area contributed by atoms with Gasteiger partial charge in [0.15, 0.2) is 5.82 Å². The quantitative estimate of drug-likeness (QED) is 0.889. The number of aromatic amines is 1. The van der Waals surface area contributed by atoms with Crippen molar-refractivity contribution in [3.05, 3.63) is 58.6 Å². The highest BCUT2D eigenvalue weighted by molar-refractivity contribution is 5.83. The van der Waals surface area contributed by atoms with Crippen molar-refractivity contribution in [2.24, 2.45) is 5.92 Å². The zero-order valence-electron chi connectivity index (χ0n) is 14.0. The molecular formula is C19H22N4O2. The SMILES string of the molecule is O=C(NC1CCCN(c2ncc[nH]c2=O)C1)C1CC1c1ccccc1. The van der Waals surface area contributed by atoms with Crippen molar-refractivity contribution in [1.29, 1.82) is 0 Å². The molecule has 1 aliphatic heterocycles. The Balaban J connectivity index is 1.36. The fourth-order valence-electron chi connectivity index (χ4n) is 3.72. The molecule has 1 saturated heterocycles. The molecule has 0 spiro atoms. The number of nitrogens with one attached hydrogen (secondary N) is 2. The Kier molecular flexibility index (Phi) is 4.26. The molecule has 1 aliphatic carbocycles. The number of benzene rings is 1. The van der Waals surface area contributed by atoms with Gasteiger partial charge in [-0.1, -0.05) is 30.3 Å². The predicted octanol–water partition coefficient (Wildman–Crippen LogP) is 1.66. The molecule has 6 heteroatoms. The number of aromatic nitrogens is 2. The summed E-state index contributed by atoms with van der Waals surface area (Å²) < 4.78 is 0. The first kappa shape index (κ1) is 15.9. The Morgan fingerprint density at radius 2 is 2.12 bits per heavy atom. The van der Waals surface area contributed by atoms with E-state index in [0.717, 1.165) is 25.8 Å². The monoisotopic (exact) mass is 338 g/mol. The molecule has 2 N–H and O–H groups in total. The highest BCUT2D eigenvalue weighted by atomic mass is 16.2. The van der Waals surface area contributed by atoms with E-state index >= 15 is 0 Å². The fourth-order valence-corrected chi connectivity index (χ4v) is 3.72. The van der Waals surface area contributed by atoms with Gasteiger partial charge in [-0.2, -0.15) is 0 Å². The maximum absolute atomic E-state index is 12.6.